The van der Waals surface area contributed by atoms with Gasteiger partial charge in [-0.3, -0.25) is 0 Å². The smallest absolute Gasteiger partial charge is 0.124 e. The first-order valence-electron chi connectivity index (χ1n) is 19.7. The molecule has 0 heterocycles. The fourth-order valence-electron chi connectivity index (χ4n) is 8.91. The number of ether oxygens (including phenoxy) is 4. The first-order valence-corrected chi connectivity index (χ1v) is 22.5. The Kier molecular flexibility index (Phi) is 13.5. The highest BCUT2D eigenvalue weighted by atomic mass is 31.1. The quantitative estimate of drug-likeness (QED) is 0.103. The minimum atomic E-state index is -0.957. The number of aryl methyl sites for hydroxylation is 8. The SMILES string of the molecule is COc1c(C)cc(P(c2cc(C)c(OC)c(C)c2)C(CC(c2ccccc2)P(c2cc(C)c(OC)c(C)c2)c2cc(C)c(OC)c(C)c2)c2ccccc2)cc1C. The molecule has 4 nitrogen and oxygen atoms in total. The molecule has 0 amide bonds. The first-order chi connectivity index (χ1) is 27.4. The van der Waals surface area contributed by atoms with Crippen LogP contribution in [0, 0.1) is 55.4 Å². The average Bonchev–Trinajstić information content (AvgIpc) is 3.17. The van der Waals surface area contributed by atoms with Gasteiger partial charge >= 0.3 is 0 Å². The van der Waals surface area contributed by atoms with E-state index in [0.717, 1.165) is 73.9 Å². The maximum absolute atomic E-state index is 5.93. The summed E-state index contributed by atoms with van der Waals surface area (Å²) in [6.07, 6.45) is 0.925. The number of benzene rings is 6. The lowest BCUT2D eigenvalue weighted by molar-refractivity contribution is 0.408. The molecular formula is C51H58O4P2. The highest BCUT2D eigenvalue weighted by molar-refractivity contribution is 7.74. The number of rotatable bonds is 14. The van der Waals surface area contributed by atoms with Gasteiger partial charge in [-0.25, -0.2) is 0 Å². The third-order valence-corrected chi connectivity index (χ3v) is 16.7. The standard InChI is InChI=1S/C51H58O4P2/c1-32-23-42(24-33(2)48(32)52-9)56(43-25-34(3)49(53-10)35(4)26-43)46(40-19-15-13-16-20-40)31-47(41-21-17-14-18-22-41)57(44-27-36(5)50(54-11)37(6)28-44)45-29-38(7)51(55-12)39(8)30-45/h13-30,46-47H,31H2,1-12H3. The van der Waals surface area contributed by atoms with Crippen LogP contribution in [0.1, 0.15) is 73.4 Å². The Hall–Kier alpha value is -4.62. The molecular weight excluding hydrogens is 739 g/mol. The average molecular weight is 797 g/mol. The Morgan fingerprint density at radius 3 is 0.754 bits per heavy atom. The van der Waals surface area contributed by atoms with Crippen molar-refractivity contribution in [3.8, 4) is 23.0 Å². The minimum absolute atomic E-state index is 0.164. The first kappa shape index (κ1) is 42.0. The lowest BCUT2D eigenvalue weighted by atomic mass is 10.0. The highest BCUT2D eigenvalue weighted by Gasteiger charge is 2.36. The highest BCUT2D eigenvalue weighted by Crippen LogP contribution is 2.61. The van der Waals surface area contributed by atoms with Crippen LogP contribution in [-0.2, 0) is 0 Å². The second-order valence-corrected chi connectivity index (χ2v) is 20.1. The molecule has 0 saturated heterocycles. The van der Waals surface area contributed by atoms with Crippen LogP contribution >= 0.6 is 15.8 Å². The molecule has 0 bridgehead atoms. The molecule has 2 unspecified atom stereocenters. The Labute approximate surface area is 344 Å². The van der Waals surface area contributed by atoms with Gasteiger partial charge in [-0.05, 0) is 203 Å². The van der Waals surface area contributed by atoms with Crippen molar-refractivity contribution >= 4 is 37.1 Å². The zero-order chi connectivity index (χ0) is 41.0. The molecule has 0 aliphatic rings. The summed E-state index contributed by atoms with van der Waals surface area (Å²) in [5, 5.41) is 5.40. The van der Waals surface area contributed by atoms with Crippen LogP contribution in [-0.4, -0.2) is 28.4 Å². The normalized spacial score (nSPS) is 12.5. The van der Waals surface area contributed by atoms with E-state index in [0.29, 0.717) is 0 Å². The van der Waals surface area contributed by atoms with Crippen LogP contribution in [0.15, 0.2) is 109 Å². The number of hydrogen-bond donors (Lipinski definition) is 0. The molecule has 57 heavy (non-hydrogen) atoms. The molecule has 0 radical (unpaired) electrons. The van der Waals surface area contributed by atoms with Gasteiger partial charge in [-0.1, -0.05) is 60.7 Å². The molecule has 2 atom stereocenters. The van der Waals surface area contributed by atoms with Gasteiger partial charge in [0.2, 0.25) is 0 Å². The van der Waals surface area contributed by atoms with E-state index >= 15 is 0 Å². The summed E-state index contributed by atoms with van der Waals surface area (Å²) in [4.78, 5) is 0. The summed E-state index contributed by atoms with van der Waals surface area (Å²) >= 11 is 0. The van der Waals surface area contributed by atoms with E-state index in [1.807, 2.05) is 0 Å². The van der Waals surface area contributed by atoms with Crippen molar-refractivity contribution in [1.29, 1.82) is 0 Å². The van der Waals surface area contributed by atoms with Gasteiger partial charge in [-0.2, -0.15) is 0 Å². The fourth-order valence-corrected chi connectivity index (χ4v) is 15.6. The molecule has 0 fully saturated rings. The van der Waals surface area contributed by atoms with E-state index in [1.54, 1.807) is 28.4 Å². The van der Waals surface area contributed by atoms with Crippen molar-refractivity contribution in [3.05, 3.63) is 165 Å². The van der Waals surface area contributed by atoms with Crippen LogP contribution in [0.5, 0.6) is 23.0 Å². The maximum atomic E-state index is 5.93. The molecule has 6 aromatic carbocycles. The summed E-state index contributed by atoms with van der Waals surface area (Å²) in [6, 6.07) is 41.6. The predicted molar refractivity (Wildman–Crippen MR) is 245 cm³/mol. The van der Waals surface area contributed by atoms with Crippen molar-refractivity contribution in [3.63, 3.8) is 0 Å². The Morgan fingerprint density at radius 2 is 0.561 bits per heavy atom. The fraction of sp³-hybridized carbons (Fsp3) is 0.294. The van der Waals surface area contributed by atoms with Crippen molar-refractivity contribution in [2.24, 2.45) is 0 Å². The van der Waals surface area contributed by atoms with Gasteiger partial charge in [0.25, 0.3) is 0 Å². The maximum Gasteiger partial charge on any atom is 0.124 e. The number of hydrogen-bond acceptors (Lipinski definition) is 4. The predicted octanol–water partition coefficient (Wildman–Crippen LogP) is 11.6. The van der Waals surface area contributed by atoms with Gasteiger partial charge < -0.3 is 18.9 Å². The second-order valence-electron chi connectivity index (χ2n) is 15.3. The Balaban J connectivity index is 1.68. The van der Waals surface area contributed by atoms with E-state index in [1.165, 1.54) is 32.3 Å². The molecule has 0 aliphatic carbocycles. The molecule has 0 aromatic heterocycles. The number of methoxy groups -OCH3 is 4. The van der Waals surface area contributed by atoms with Crippen molar-refractivity contribution in [2.75, 3.05) is 28.4 Å². The van der Waals surface area contributed by atoms with Gasteiger partial charge in [0.1, 0.15) is 23.0 Å². The van der Waals surface area contributed by atoms with Gasteiger partial charge in [-0.15, -0.1) is 0 Å². The van der Waals surface area contributed by atoms with Crippen LogP contribution < -0.4 is 40.2 Å². The van der Waals surface area contributed by atoms with Crippen LogP contribution in [0.3, 0.4) is 0 Å². The molecule has 296 valence electrons. The van der Waals surface area contributed by atoms with Gasteiger partial charge in [0.05, 0.1) is 28.4 Å². The van der Waals surface area contributed by atoms with E-state index < -0.39 is 15.8 Å². The molecule has 0 N–H and O–H groups in total. The lowest BCUT2D eigenvalue weighted by Gasteiger charge is -2.37. The molecule has 0 aliphatic heterocycles. The van der Waals surface area contributed by atoms with Crippen LogP contribution in [0.4, 0.5) is 0 Å². The summed E-state index contributed by atoms with van der Waals surface area (Å²) in [5.41, 5.74) is 12.3. The Bertz CT molecular complexity index is 1960. The molecule has 6 rings (SSSR count). The lowest BCUT2D eigenvalue weighted by Crippen LogP contribution is -2.24. The largest absolute Gasteiger partial charge is 0.496 e. The van der Waals surface area contributed by atoms with Crippen molar-refractivity contribution in [2.45, 2.75) is 73.1 Å². The van der Waals surface area contributed by atoms with Crippen LogP contribution in [0.25, 0.3) is 0 Å². The topological polar surface area (TPSA) is 36.9 Å². The van der Waals surface area contributed by atoms with Crippen LogP contribution in [0.2, 0.25) is 0 Å². The van der Waals surface area contributed by atoms with Gasteiger partial charge in [0, 0.05) is 11.3 Å². The Morgan fingerprint density at radius 1 is 0.351 bits per heavy atom. The third-order valence-electron chi connectivity index (χ3n) is 11.1. The third kappa shape index (κ3) is 8.79. The summed E-state index contributed by atoms with van der Waals surface area (Å²) < 4.78 is 23.7. The summed E-state index contributed by atoms with van der Waals surface area (Å²) in [5.74, 6) is 3.81. The van der Waals surface area contributed by atoms with E-state index in [4.69, 9.17) is 18.9 Å². The van der Waals surface area contributed by atoms with E-state index in [9.17, 15) is 0 Å². The zero-order valence-electron chi connectivity index (χ0n) is 35.8. The van der Waals surface area contributed by atoms with Crippen molar-refractivity contribution < 1.29 is 18.9 Å². The zero-order valence-corrected chi connectivity index (χ0v) is 37.6. The van der Waals surface area contributed by atoms with Crippen molar-refractivity contribution in [1.82, 2.24) is 0 Å². The van der Waals surface area contributed by atoms with E-state index in [-0.39, 0.29) is 11.3 Å². The molecule has 6 aromatic rings. The second kappa shape index (κ2) is 18.3. The summed E-state index contributed by atoms with van der Waals surface area (Å²) in [6.45, 7) is 17.4. The molecule has 0 saturated carbocycles. The van der Waals surface area contributed by atoms with Gasteiger partial charge in [0.15, 0.2) is 0 Å². The molecule has 6 heteroatoms. The summed E-state index contributed by atoms with van der Waals surface area (Å²) in [7, 11) is 5.19. The molecule has 0 spiro atoms. The minimum Gasteiger partial charge on any atom is -0.496 e. The van der Waals surface area contributed by atoms with E-state index in [2.05, 4.69) is 165 Å². The monoisotopic (exact) mass is 796 g/mol.